The van der Waals surface area contributed by atoms with E-state index in [-0.39, 0.29) is 0 Å². The van der Waals surface area contributed by atoms with Crippen molar-refractivity contribution in [3.05, 3.63) is 47.9 Å². The van der Waals surface area contributed by atoms with Gasteiger partial charge in [-0.05, 0) is 32.0 Å². The summed E-state index contributed by atoms with van der Waals surface area (Å²) < 4.78 is 7.24. The van der Waals surface area contributed by atoms with Crippen LogP contribution >= 0.6 is 0 Å². The third-order valence-electron chi connectivity index (χ3n) is 3.13. The van der Waals surface area contributed by atoms with E-state index in [2.05, 4.69) is 16.9 Å². The quantitative estimate of drug-likeness (QED) is 0.704. The van der Waals surface area contributed by atoms with Gasteiger partial charge in [-0.2, -0.15) is 0 Å². The maximum absolute atomic E-state index is 5.24. The minimum absolute atomic E-state index is 0.732. The number of hydrogen-bond donors (Lipinski definition) is 0. The molecule has 0 fully saturated rings. The minimum Gasteiger partial charge on any atom is -0.497 e. The van der Waals surface area contributed by atoms with Crippen LogP contribution in [0.4, 0.5) is 0 Å². The summed E-state index contributed by atoms with van der Waals surface area (Å²) in [5, 5.41) is 0. The molecule has 4 heteroatoms. The molecule has 2 heterocycles. The topological polar surface area (TPSA) is 39.4 Å². The van der Waals surface area contributed by atoms with E-state index in [9.17, 15) is 0 Å². The molecule has 0 unspecified atom stereocenters. The van der Waals surface area contributed by atoms with Crippen LogP contribution in [0.3, 0.4) is 0 Å². The molecule has 4 nitrogen and oxygen atoms in total. The highest BCUT2D eigenvalue weighted by atomic mass is 16.5. The second-order valence-electron chi connectivity index (χ2n) is 4.57. The summed E-state index contributed by atoms with van der Waals surface area (Å²) in [6.45, 7) is 4.03. The maximum atomic E-state index is 5.24. The first-order chi connectivity index (χ1) is 9.17. The van der Waals surface area contributed by atoms with Crippen LogP contribution < -0.4 is 4.74 Å². The molecule has 0 saturated carbocycles. The van der Waals surface area contributed by atoms with Gasteiger partial charge in [0, 0.05) is 23.1 Å². The van der Waals surface area contributed by atoms with Crippen molar-refractivity contribution in [2.24, 2.45) is 0 Å². The van der Waals surface area contributed by atoms with Crippen molar-refractivity contribution in [2.45, 2.75) is 13.8 Å². The van der Waals surface area contributed by atoms with Gasteiger partial charge in [0.2, 0.25) is 5.78 Å². The fourth-order valence-corrected chi connectivity index (χ4v) is 2.19. The zero-order chi connectivity index (χ0) is 13.4. The van der Waals surface area contributed by atoms with E-state index < -0.39 is 0 Å². The van der Waals surface area contributed by atoms with Gasteiger partial charge in [0.05, 0.1) is 12.8 Å². The zero-order valence-corrected chi connectivity index (χ0v) is 11.2. The summed E-state index contributed by atoms with van der Waals surface area (Å²) >= 11 is 0. The molecule has 0 saturated heterocycles. The van der Waals surface area contributed by atoms with Crippen molar-refractivity contribution < 1.29 is 4.74 Å². The average molecular weight is 253 g/mol. The van der Waals surface area contributed by atoms with E-state index in [4.69, 9.17) is 4.74 Å². The number of hydrogen-bond acceptors (Lipinski definition) is 3. The van der Waals surface area contributed by atoms with Crippen molar-refractivity contribution in [1.29, 1.82) is 0 Å². The number of rotatable bonds is 2. The second-order valence-corrected chi connectivity index (χ2v) is 4.57. The lowest BCUT2D eigenvalue weighted by atomic mass is 10.1. The monoisotopic (exact) mass is 253 g/mol. The number of ether oxygens (including phenoxy) is 1. The van der Waals surface area contributed by atoms with Crippen LogP contribution in [0.1, 0.15) is 11.4 Å². The molecule has 1 aromatic carbocycles. The van der Waals surface area contributed by atoms with Crippen molar-refractivity contribution in [3.8, 4) is 17.0 Å². The molecule has 0 amide bonds. The third-order valence-corrected chi connectivity index (χ3v) is 3.13. The Labute approximate surface area is 111 Å². The summed E-state index contributed by atoms with van der Waals surface area (Å²) in [6.07, 6.45) is 2.01. The van der Waals surface area contributed by atoms with Gasteiger partial charge in [0.1, 0.15) is 5.75 Å². The van der Waals surface area contributed by atoms with E-state index in [1.807, 2.05) is 47.9 Å². The van der Waals surface area contributed by atoms with Crippen LogP contribution in [0.15, 0.2) is 36.5 Å². The first kappa shape index (κ1) is 11.7. The highest BCUT2D eigenvalue weighted by Gasteiger charge is 2.08. The Morgan fingerprint density at radius 1 is 1.11 bits per heavy atom. The fourth-order valence-electron chi connectivity index (χ4n) is 2.19. The van der Waals surface area contributed by atoms with E-state index in [1.165, 1.54) is 0 Å². The number of methoxy groups -OCH3 is 1. The van der Waals surface area contributed by atoms with Crippen LogP contribution in [0.2, 0.25) is 0 Å². The highest BCUT2D eigenvalue weighted by molar-refractivity contribution is 5.63. The van der Waals surface area contributed by atoms with Gasteiger partial charge in [-0.15, -0.1) is 0 Å². The predicted octanol–water partition coefficient (Wildman–Crippen LogP) is 3.02. The van der Waals surface area contributed by atoms with Crippen LogP contribution in [0.5, 0.6) is 5.75 Å². The Morgan fingerprint density at radius 3 is 2.74 bits per heavy atom. The normalized spacial score (nSPS) is 10.9. The van der Waals surface area contributed by atoms with Gasteiger partial charge in [-0.1, -0.05) is 12.1 Å². The molecule has 0 N–H and O–H groups in total. The molecular weight excluding hydrogens is 238 g/mol. The van der Waals surface area contributed by atoms with Gasteiger partial charge in [-0.25, -0.2) is 9.97 Å². The maximum Gasteiger partial charge on any atom is 0.234 e. The number of aryl methyl sites for hydroxylation is 2. The summed E-state index contributed by atoms with van der Waals surface area (Å²) in [6, 6.07) is 9.93. The first-order valence-electron chi connectivity index (χ1n) is 6.15. The van der Waals surface area contributed by atoms with Gasteiger partial charge >= 0.3 is 0 Å². The molecule has 96 valence electrons. The van der Waals surface area contributed by atoms with Crippen LogP contribution in [-0.4, -0.2) is 21.5 Å². The van der Waals surface area contributed by atoms with Crippen molar-refractivity contribution in [2.75, 3.05) is 7.11 Å². The molecule has 3 rings (SSSR count). The predicted molar refractivity (Wildman–Crippen MR) is 74.4 cm³/mol. The summed E-state index contributed by atoms with van der Waals surface area (Å²) in [5.41, 5.74) is 4.04. The Morgan fingerprint density at radius 2 is 1.95 bits per heavy atom. The zero-order valence-electron chi connectivity index (χ0n) is 11.2. The number of benzene rings is 1. The van der Waals surface area contributed by atoms with E-state index in [0.29, 0.717) is 0 Å². The first-order valence-corrected chi connectivity index (χ1v) is 6.15. The van der Waals surface area contributed by atoms with E-state index in [0.717, 1.165) is 34.2 Å². The van der Waals surface area contributed by atoms with E-state index in [1.54, 1.807) is 7.11 Å². The minimum atomic E-state index is 0.732. The Hall–Kier alpha value is -2.36. The standard InChI is InChI=1S/C15H15N3O/c1-10-7-11(2)18-9-14(17-15(18)16-10)12-5-4-6-13(8-12)19-3/h4-9H,1-3H3. The molecular formula is C15H15N3O. The average Bonchev–Trinajstić information content (AvgIpc) is 2.83. The van der Waals surface area contributed by atoms with Gasteiger partial charge in [0.25, 0.3) is 0 Å². The lowest BCUT2D eigenvalue weighted by Crippen LogP contribution is -1.94. The van der Waals surface area contributed by atoms with Gasteiger partial charge in [0.15, 0.2) is 0 Å². The summed E-state index contributed by atoms with van der Waals surface area (Å²) in [4.78, 5) is 9.02. The molecule has 0 aliphatic heterocycles. The molecule has 19 heavy (non-hydrogen) atoms. The van der Waals surface area contributed by atoms with Gasteiger partial charge < -0.3 is 4.74 Å². The summed E-state index contributed by atoms with van der Waals surface area (Å²) in [5.74, 6) is 1.56. The molecule has 0 aliphatic rings. The Balaban J connectivity index is 2.17. The third kappa shape index (κ3) is 2.05. The number of aromatic nitrogens is 3. The molecule has 0 aliphatic carbocycles. The largest absolute Gasteiger partial charge is 0.497 e. The lowest BCUT2D eigenvalue weighted by molar-refractivity contribution is 0.415. The molecule has 0 atom stereocenters. The van der Waals surface area contributed by atoms with Crippen molar-refractivity contribution >= 4 is 5.78 Å². The van der Waals surface area contributed by atoms with Crippen molar-refractivity contribution in [1.82, 2.24) is 14.4 Å². The summed E-state index contributed by atoms with van der Waals surface area (Å²) in [7, 11) is 1.66. The molecule has 0 radical (unpaired) electrons. The molecule has 2 aromatic heterocycles. The number of nitrogens with zero attached hydrogens (tertiary/aromatic N) is 3. The lowest BCUT2D eigenvalue weighted by Gasteiger charge is -2.01. The van der Waals surface area contributed by atoms with Gasteiger partial charge in [-0.3, -0.25) is 4.40 Å². The van der Waals surface area contributed by atoms with Crippen LogP contribution in [0.25, 0.3) is 17.0 Å². The highest BCUT2D eigenvalue weighted by Crippen LogP contribution is 2.23. The van der Waals surface area contributed by atoms with E-state index >= 15 is 0 Å². The SMILES string of the molecule is COc1cccc(-c2cn3c(C)cc(C)nc3n2)c1. The smallest absolute Gasteiger partial charge is 0.234 e. The second kappa shape index (κ2) is 4.39. The molecule has 0 spiro atoms. The Kier molecular flexibility index (Phi) is 2.71. The van der Waals surface area contributed by atoms with Crippen molar-refractivity contribution in [3.63, 3.8) is 0 Å². The van der Waals surface area contributed by atoms with Crippen LogP contribution in [0, 0.1) is 13.8 Å². The van der Waals surface area contributed by atoms with Crippen LogP contribution in [-0.2, 0) is 0 Å². The fraction of sp³-hybridized carbons (Fsp3) is 0.200. The number of fused-ring (bicyclic) bond motifs is 1. The molecule has 3 aromatic rings. The Bertz CT molecular complexity index is 746. The number of imidazole rings is 1. The molecule has 0 bridgehead atoms.